The first-order chi connectivity index (χ1) is 15.2. The highest BCUT2D eigenvalue weighted by atomic mass is 16.5. The van der Waals surface area contributed by atoms with Crippen LogP contribution in [0.2, 0.25) is 0 Å². The maximum absolute atomic E-state index is 13.5. The van der Waals surface area contributed by atoms with E-state index in [1.807, 2.05) is 42.5 Å². The van der Waals surface area contributed by atoms with Crippen LogP contribution in [-0.4, -0.2) is 26.7 Å². The molecular weight excluding hydrogens is 390 g/mol. The van der Waals surface area contributed by atoms with Crippen molar-refractivity contribution >= 4 is 33.7 Å². The van der Waals surface area contributed by atoms with Crippen molar-refractivity contribution < 1.29 is 14.3 Å². The zero-order valence-electron chi connectivity index (χ0n) is 16.4. The number of carbonyl (C=O) groups is 2. The second-order valence-electron chi connectivity index (χ2n) is 7.07. The number of hydrogen-bond donors (Lipinski definition) is 1. The fourth-order valence-electron chi connectivity index (χ4n) is 3.58. The molecule has 150 valence electrons. The van der Waals surface area contributed by atoms with E-state index in [-0.39, 0.29) is 5.78 Å². The summed E-state index contributed by atoms with van der Waals surface area (Å²) < 4.78 is 5.76. The lowest BCUT2D eigenvalue weighted by molar-refractivity contribution is 0.0281. The molecule has 5 rings (SSSR count). The lowest BCUT2D eigenvalue weighted by Crippen LogP contribution is -2.20. The van der Waals surface area contributed by atoms with Crippen LogP contribution in [0, 0.1) is 0 Å². The van der Waals surface area contributed by atoms with Gasteiger partial charge in [0.1, 0.15) is 0 Å². The number of Topliss-reactive ketones (excluding diaryl/α,β-unsaturated/α-hetero) is 1. The van der Waals surface area contributed by atoms with Crippen LogP contribution in [-0.2, 0) is 4.74 Å². The highest BCUT2D eigenvalue weighted by Gasteiger charge is 2.28. The van der Waals surface area contributed by atoms with E-state index in [2.05, 4.69) is 15.0 Å². The number of nitrogens with one attached hydrogen (secondary N) is 1. The van der Waals surface area contributed by atoms with E-state index in [0.29, 0.717) is 27.7 Å². The van der Waals surface area contributed by atoms with Crippen LogP contribution in [0.3, 0.4) is 0 Å². The van der Waals surface area contributed by atoms with Crippen LogP contribution in [0.4, 0.5) is 0 Å². The molecule has 0 saturated carbocycles. The third-order valence-electron chi connectivity index (χ3n) is 5.13. The number of carbonyl (C=O) groups excluding carboxylic acids is 2. The number of hydrogen-bond acceptors (Lipinski definition) is 5. The highest BCUT2D eigenvalue weighted by Crippen LogP contribution is 2.28. The Balaban J connectivity index is 1.52. The third kappa shape index (κ3) is 3.55. The lowest BCUT2D eigenvalue weighted by Gasteiger charge is -2.17. The molecule has 0 spiro atoms. The van der Waals surface area contributed by atoms with E-state index >= 15 is 0 Å². The van der Waals surface area contributed by atoms with E-state index < -0.39 is 12.1 Å². The quantitative estimate of drug-likeness (QED) is 0.331. The summed E-state index contributed by atoms with van der Waals surface area (Å²) in [5.41, 5.74) is 3.48. The van der Waals surface area contributed by atoms with E-state index in [4.69, 9.17) is 4.74 Å². The molecular formula is C25H17N3O3. The van der Waals surface area contributed by atoms with Crippen LogP contribution in [0.1, 0.15) is 32.4 Å². The summed E-state index contributed by atoms with van der Waals surface area (Å²) in [6.07, 6.45) is 3.73. The van der Waals surface area contributed by atoms with Crippen molar-refractivity contribution in [1.82, 2.24) is 15.0 Å². The van der Waals surface area contributed by atoms with E-state index in [9.17, 15) is 9.59 Å². The molecule has 6 heteroatoms. The zero-order valence-corrected chi connectivity index (χ0v) is 16.4. The van der Waals surface area contributed by atoms with Gasteiger partial charge in [0.2, 0.25) is 5.78 Å². The van der Waals surface area contributed by atoms with Gasteiger partial charge in [-0.15, -0.1) is 0 Å². The van der Waals surface area contributed by atoms with Crippen LogP contribution in [0.5, 0.6) is 0 Å². The smallest absolute Gasteiger partial charge is 0.339 e. The average molecular weight is 407 g/mol. The molecule has 31 heavy (non-hydrogen) atoms. The van der Waals surface area contributed by atoms with Gasteiger partial charge in [0.15, 0.2) is 6.10 Å². The van der Waals surface area contributed by atoms with Gasteiger partial charge < -0.3 is 9.72 Å². The average Bonchev–Trinajstić information content (AvgIpc) is 3.26. The van der Waals surface area contributed by atoms with Gasteiger partial charge in [-0.2, -0.15) is 0 Å². The Labute approximate surface area is 177 Å². The van der Waals surface area contributed by atoms with Crippen molar-refractivity contribution in [3.63, 3.8) is 0 Å². The van der Waals surface area contributed by atoms with E-state index in [1.165, 1.54) is 0 Å². The number of fused-ring (bicyclic) bond motifs is 2. The molecule has 0 unspecified atom stereocenters. The van der Waals surface area contributed by atoms with Gasteiger partial charge in [0.05, 0.1) is 16.6 Å². The number of ketones is 1. The van der Waals surface area contributed by atoms with Gasteiger partial charge in [-0.25, -0.2) is 4.79 Å². The van der Waals surface area contributed by atoms with Crippen molar-refractivity contribution in [3.8, 4) is 0 Å². The summed E-state index contributed by atoms with van der Waals surface area (Å²) in [4.78, 5) is 38.0. The number of H-pyrrole nitrogens is 1. The Morgan fingerprint density at radius 3 is 2.42 bits per heavy atom. The normalized spacial score (nSPS) is 12.0. The van der Waals surface area contributed by atoms with Crippen LogP contribution < -0.4 is 0 Å². The Morgan fingerprint density at radius 2 is 1.58 bits per heavy atom. The summed E-state index contributed by atoms with van der Waals surface area (Å²) in [5, 5.41) is 0.783. The number of aromatic nitrogens is 3. The first-order valence-electron chi connectivity index (χ1n) is 9.78. The molecule has 2 aromatic heterocycles. The summed E-state index contributed by atoms with van der Waals surface area (Å²) >= 11 is 0. The van der Waals surface area contributed by atoms with Gasteiger partial charge >= 0.3 is 5.97 Å². The monoisotopic (exact) mass is 407 g/mol. The molecule has 0 aliphatic carbocycles. The van der Waals surface area contributed by atoms with Crippen molar-refractivity contribution in [3.05, 3.63) is 108 Å². The van der Waals surface area contributed by atoms with E-state index in [1.54, 1.807) is 48.9 Å². The number of ether oxygens (including phenoxy) is 1. The van der Waals surface area contributed by atoms with Crippen molar-refractivity contribution in [2.75, 3.05) is 0 Å². The number of benzene rings is 3. The van der Waals surface area contributed by atoms with Crippen LogP contribution in [0.15, 0.2) is 91.4 Å². The summed E-state index contributed by atoms with van der Waals surface area (Å²) in [7, 11) is 0. The Morgan fingerprint density at radius 1 is 0.839 bits per heavy atom. The van der Waals surface area contributed by atoms with Crippen LogP contribution >= 0.6 is 0 Å². The fraction of sp³-hybridized carbons (Fsp3) is 0.0400. The maximum atomic E-state index is 13.5. The third-order valence-corrected chi connectivity index (χ3v) is 5.13. The molecule has 0 aliphatic heterocycles. The first-order valence-corrected chi connectivity index (χ1v) is 9.78. The molecule has 1 atom stereocenters. The fourth-order valence-corrected chi connectivity index (χ4v) is 3.58. The zero-order chi connectivity index (χ0) is 21.2. The van der Waals surface area contributed by atoms with Gasteiger partial charge in [-0.3, -0.25) is 14.8 Å². The number of esters is 1. The molecule has 0 bridgehead atoms. The SMILES string of the molecule is O=C(O[C@@H](C(=O)c1c[nH]c2ccccc12)c1ccccc1)c1ccc2nccnc2c1. The predicted molar refractivity (Wildman–Crippen MR) is 117 cm³/mol. The minimum atomic E-state index is -1.08. The second kappa shape index (κ2) is 7.84. The standard InChI is InChI=1S/C25H17N3O3/c29-23(19-15-28-20-9-5-4-8-18(19)20)24(16-6-2-1-3-7-16)31-25(30)17-10-11-21-22(14-17)27-13-12-26-21/h1-15,24,28H/t24-/m1/s1. The number of nitrogens with zero attached hydrogens (tertiary/aromatic N) is 2. The molecule has 0 amide bonds. The van der Waals surface area contributed by atoms with Gasteiger partial charge in [-0.05, 0) is 24.3 Å². The molecule has 6 nitrogen and oxygen atoms in total. The molecule has 2 heterocycles. The second-order valence-corrected chi connectivity index (χ2v) is 7.07. The molecule has 0 saturated heterocycles. The largest absolute Gasteiger partial charge is 0.445 e. The van der Waals surface area contributed by atoms with Gasteiger partial charge in [0, 0.05) is 40.6 Å². The first kappa shape index (κ1) is 18.7. The summed E-state index contributed by atoms with van der Waals surface area (Å²) in [5.74, 6) is -0.896. The lowest BCUT2D eigenvalue weighted by atomic mass is 9.99. The number of para-hydroxylation sites is 1. The van der Waals surface area contributed by atoms with Crippen molar-refractivity contribution in [2.45, 2.75) is 6.10 Å². The Kier molecular flexibility index (Phi) is 4.72. The Hall–Kier alpha value is -4.32. The topological polar surface area (TPSA) is 84.9 Å². The molecule has 0 radical (unpaired) electrons. The van der Waals surface area contributed by atoms with Crippen LogP contribution in [0.25, 0.3) is 21.9 Å². The highest BCUT2D eigenvalue weighted by molar-refractivity contribution is 6.11. The molecule has 3 aromatic carbocycles. The Bertz CT molecular complexity index is 1410. The molecule has 0 aliphatic rings. The number of aromatic amines is 1. The minimum Gasteiger partial charge on any atom is -0.445 e. The molecule has 5 aromatic rings. The molecule has 0 fully saturated rings. The summed E-state index contributed by atoms with van der Waals surface area (Å²) in [6.45, 7) is 0. The van der Waals surface area contributed by atoms with Crippen molar-refractivity contribution in [2.24, 2.45) is 0 Å². The minimum absolute atomic E-state index is 0.294. The molecule has 1 N–H and O–H groups in total. The number of rotatable bonds is 5. The maximum Gasteiger partial charge on any atom is 0.339 e. The van der Waals surface area contributed by atoms with Gasteiger partial charge in [0.25, 0.3) is 0 Å². The van der Waals surface area contributed by atoms with Gasteiger partial charge in [-0.1, -0.05) is 48.5 Å². The predicted octanol–water partition coefficient (Wildman–Crippen LogP) is 4.89. The summed E-state index contributed by atoms with van der Waals surface area (Å²) in [6, 6.07) is 21.5. The van der Waals surface area contributed by atoms with Crippen molar-refractivity contribution in [1.29, 1.82) is 0 Å². The van der Waals surface area contributed by atoms with E-state index in [0.717, 1.165) is 10.9 Å².